The van der Waals surface area contributed by atoms with Crippen molar-refractivity contribution in [2.45, 2.75) is 46.1 Å². The van der Waals surface area contributed by atoms with Crippen LogP contribution in [-0.2, 0) is 4.74 Å². The normalized spacial score (nSPS) is 20.8. The molecule has 0 N–H and O–H groups in total. The Balaban J connectivity index is 1.56. The summed E-state index contributed by atoms with van der Waals surface area (Å²) in [6.07, 6.45) is 5.10. The number of ether oxygens (including phenoxy) is 1. The van der Waals surface area contributed by atoms with E-state index in [-0.39, 0.29) is 11.9 Å². The van der Waals surface area contributed by atoms with Crippen LogP contribution >= 0.6 is 0 Å². The van der Waals surface area contributed by atoms with Crippen molar-refractivity contribution in [3.05, 3.63) is 46.8 Å². The fraction of sp³-hybridized carbons (Fsp3) is 0.565. The minimum atomic E-state index is 0.122. The third kappa shape index (κ3) is 4.23. The van der Waals surface area contributed by atoms with Gasteiger partial charge in [0, 0.05) is 32.2 Å². The largest absolute Gasteiger partial charge is 0.379 e. The van der Waals surface area contributed by atoms with Crippen molar-refractivity contribution in [1.29, 1.82) is 0 Å². The van der Waals surface area contributed by atoms with Gasteiger partial charge in [0.1, 0.15) is 0 Å². The number of aromatic nitrogens is 2. The number of likely N-dealkylation sites (tertiary alicyclic amines) is 1. The lowest BCUT2D eigenvalue weighted by atomic mass is 10.00. The molecule has 0 aliphatic carbocycles. The Morgan fingerprint density at radius 1 is 1.14 bits per heavy atom. The first-order valence-electron chi connectivity index (χ1n) is 10.8. The van der Waals surface area contributed by atoms with E-state index in [4.69, 9.17) is 4.74 Å². The molecule has 0 bridgehead atoms. The number of carbonyl (C=O) groups excluding carboxylic acids is 1. The molecule has 3 heterocycles. The molecule has 1 aromatic heterocycles. The number of morpholine rings is 1. The summed E-state index contributed by atoms with van der Waals surface area (Å²) in [4.78, 5) is 18.0. The molecule has 1 aromatic carbocycles. The number of piperidine rings is 1. The molecule has 1 amide bonds. The molecule has 2 aromatic rings. The minimum absolute atomic E-state index is 0.122. The third-order valence-electron chi connectivity index (χ3n) is 6.29. The highest BCUT2D eigenvalue weighted by atomic mass is 16.5. The summed E-state index contributed by atoms with van der Waals surface area (Å²) in [6.45, 7) is 11.5. The van der Waals surface area contributed by atoms with Crippen molar-refractivity contribution >= 4 is 5.91 Å². The summed E-state index contributed by atoms with van der Waals surface area (Å²) in [5.74, 6) is 0.122. The molecule has 1 unspecified atom stereocenters. The van der Waals surface area contributed by atoms with Gasteiger partial charge in [0.2, 0.25) is 0 Å². The number of hydrogen-bond donors (Lipinski definition) is 0. The quantitative estimate of drug-likeness (QED) is 0.797. The van der Waals surface area contributed by atoms with Crippen molar-refractivity contribution in [1.82, 2.24) is 19.6 Å². The van der Waals surface area contributed by atoms with Gasteiger partial charge in [-0.25, -0.2) is 4.68 Å². The van der Waals surface area contributed by atoms with Gasteiger partial charge < -0.3 is 9.64 Å². The van der Waals surface area contributed by atoms with Crippen LogP contribution in [0.15, 0.2) is 24.4 Å². The highest BCUT2D eigenvalue weighted by Gasteiger charge is 2.31. The Bertz CT molecular complexity index is 870. The van der Waals surface area contributed by atoms with E-state index >= 15 is 0 Å². The van der Waals surface area contributed by atoms with Crippen LogP contribution in [0.3, 0.4) is 0 Å². The van der Waals surface area contributed by atoms with E-state index in [0.29, 0.717) is 0 Å². The Morgan fingerprint density at radius 2 is 1.93 bits per heavy atom. The second-order valence-electron chi connectivity index (χ2n) is 8.41. The number of aryl methyl sites for hydroxylation is 2. The fourth-order valence-corrected chi connectivity index (χ4v) is 4.50. The standard InChI is InChI=1S/C23H32N4O2/c1-17-7-8-18(2)22(14-17)27-19(3)21(15-24-27)23(28)26-9-5-4-6-20(26)16-25-10-12-29-13-11-25/h7-8,14-15,20H,4-6,9-13,16H2,1-3H3. The lowest BCUT2D eigenvalue weighted by Crippen LogP contribution is -2.51. The summed E-state index contributed by atoms with van der Waals surface area (Å²) < 4.78 is 7.39. The maximum atomic E-state index is 13.5. The summed E-state index contributed by atoms with van der Waals surface area (Å²) in [5.41, 5.74) is 5.03. The molecular formula is C23H32N4O2. The second kappa shape index (κ2) is 8.67. The third-order valence-corrected chi connectivity index (χ3v) is 6.29. The zero-order valence-electron chi connectivity index (χ0n) is 17.9. The summed E-state index contributed by atoms with van der Waals surface area (Å²) in [5, 5.41) is 4.59. The topological polar surface area (TPSA) is 50.6 Å². The molecular weight excluding hydrogens is 364 g/mol. The van der Waals surface area contributed by atoms with E-state index in [1.807, 2.05) is 11.6 Å². The minimum Gasteiger partial charge on any atom is -0.379 e. The molecule has 2 fully saturated rings. The number of carbonyl (C=O) groups is 1. The second-order valence-corrected chi connectivity index (χ2v) is 8.41. The van der Waals surface area contributed by atoms with E-state index in [1.165, 1.54) is 12.0 Å². The summed E-state index contributed by atoms with van der Waals surface area (Å²) >= 11 is 0. The van der Waals surface area contributed by atoms with Crippen LogP contribution in [0.1, 0.15) is 46.4 Å². The average molecular weight is 397 g/mol. The monoisotopic (exact) mass is 396 g/mol. The van der Waals surface area contributed by atoms with E-state index in [2.05, 4.69) is 46.9 Å². The molecule has 0 radical (unpaired) electrons. The van der Waals surface area contributed by atoms with E-state index in [9.17, 15) is 4.79 Å². The van der Waals surface area contributed by atoms with Gasteiger partial charge in [0.05, 0.1) is 36.4 Å². The molecule has 2 aliphatic rings. The first-order chi connectivity index (χ1) is 14.0. The molecule has 0 saturated carbocycles. The zero-order valence-corrected chi connectivity index (χ0v) is 17.9. The molecule has 2 aliphatic heterocycles. The van der Waals surface area contributed by atoms with Crippen molar-refractivity contribution in [3.63, 3.8) is 0 Å². The summed E-state index contributed by atoms with van der Waals surface area (Å²) in [6, 6.07) is 6.62. The number of nitrogens with zero attached hydrogens (tertiary/aromatic N) is 4. The van der Waals surface area contributed by atoms with Crippen LogP contribution < -0.4 is 0 Å². The van der Waals surface area contributed by atoms with E-state index in [1.54, 1.807) is 6.20 Å². The predicted molar refractivity (Wildman–Crippen MR) is 114 cm³/mol. The van der Waals surface area contributed by atoms with E-state index < -0.39 is 0 Å². The van der Waals surface area contributed by atoms with Gasteiger partial charge in [0.25, 0.3) is 5.91 Å². The van der Waals surface area contributed by atoms with Crippen LogP contribution in [0.25, 0.3) is 5.69 Å². The fourth-order valence-electron chi connectivity index (χ4n) is 4.50. The SMILES string of the molecule is Cc1ccc(C)c(-n2ncc(C(=O)N3CCCCC3CN3CCOCC3)c2C)c1. The highest BCUT2D eigenvalue weighted by molar-refractivity contribution is 5.95. The molecule has 0 spiro atoms. The number of hydrogen-bond acceptors (Lipinski definition) is 4. The molecule has 6 heteroatoms. The van der Waals surface area contributed by atoms with Gasteiger partial charge in [0.15, 0.2) is 0 Å². The van der Waals surface area contributed by atoms with Crippen molar-refractivity contribution in [2.75, 3.05) is 39.4 Å². The summed E-state index contributed by atoms with van der Waals surface area (Å²) in [7, 11) is 0. The van der Waals surface area contributed by atoms with Gasteiger partial charge in [-0.3, -0.25) is 9.69 Å². The molecule has 4 rings (SSSR count). The van der Waals surface area contributed by atoms with Crippen molar-refractivity contribution in [3.8, 4) is 5.69 Å². The first-order valence-corrected chi connectivity index (χ1v) is 10.8. The predicted octanol–water partition coefficient (Wildman–Crippen LogP) is 3.12. The van der Waals surface area contributed by atoms with Crippen molar-refractivity contribution < 1.29 is 9.53 Å². The molecule has 6 nitrogen and oxygen atoms in total. The molecule has 29 heavy (non-hydrogen) atoms. The maximum absolute atomic E-state index is 13.5. The lowest BCUT2D eigenvalue weighted by molar-refractivity contribution is 0.0166. The highest BCUT2D eigenvalue weighted by Crippen LogP contribution is 2.24. The lowest BCUT2D eigenvalue weighted by Gasteiger charge is -2.39. The van der Waals surface area contributed by atoms with E-state index in [0.717, 1.165) is 74.7 Å². The van der Waals surface area contributed by atoms with Gasteiger partial charge in [-0.1, -0.05) is 12.1 Å². The molecule has 1 atom stereocenters. The van der Waals surface area contributed by atoms with Crippen LogP contribution in [-0.4, -0.2) is 70.9 Å². The first kappa shape index (κ1) is 20.1. The Kier molecular flexibility index (Phi) is 6.01. The molecule has 156 valence electrons. The Hall–Kier alpha value is -2.18. The number of rotatable bonds is 4. The van der Waals surface area contributed by atoms with Crippen LogP contribution in [0, 0.1) is 20.8 Å². The van der Waals surface area contributed by atoms with Gasteiger partial charge in [-0.05, 0) is 57.2 Å². The molecule has 2 saturated heterocycles. The van der Waals surface area contributed by atoms with Gasteiger partial charge in [-0.15, -0.1) is 0 Å². The van der Waals surface area contributed by atoms with Crippen LogP contribution in [0.4, 0.5) is 0 Å². The average Bonchev–Trinajstić information content (AvgIpc) is 3.11. The van der Waals surface area contributed by atoms with Gasteiger partial charge >= 0.3 is 0 Å². The number of amides is 1. The van der Waals surface area contributed by atoms with Crippen molar-refractivity contribution in [2.24, 2.45) is 0 Å². The Morgan fingerprint density at radius 3 is 2.72 bits per heavy atom. The van der Waals surface area contributed by atoms with Crippen LogP contribution in [0.2, 0.25) is 0 Å². The van der Waals surface area contributed by atoms with Gasteiger partial charge in [-0.2, -0.15) is 5.10 Å². The smallest absolute Gasteiger partial charge is 0.257 e. The zero-order chi connectivity index (χ0) is 20.4. The number of benzene rings is 1. The maximum Gasteiger partial charge on any atom is 0.257 e. The van der Waals surface area contributed by atoms with Crippen LogP contribution in [0.5, 0.6) is 0 Å². The Labute approximate surface area is 173 Å².